The molecule has 0 aromatic heterocycles. The van der Waals surface area contributed by atoms with Gasteiger partial charge < -0.3 is 5.32 Å². The molecule has 1 aliphatic heterocycles. The molecule has 2 nitrogen and oxygen atoms in total. The lowest BCUT2D eigenvalue weighted by atomic mass is 9.91. The fourth-order valence-corrected chi connectivity index (χ4v) is 1.96. The van der Waals surface area contributed by atoms with E-state index >= 15 is 0 Å². The first-order chi connectivity index (χ1) is 5.86. The van der Waals surface area contributed by atoms with Crippen LogP contribution in [0, 0.1) is 5.92 Å². The number of carbonyl (C=O) groups excluding carboxylic acids is 1. The van der Waals surface area contributed by atoms with Crippen LogP contribution in [-0.4, -0.2) is 11.9 Å². The highest BCUT2D eigenvalue weighted by atomic mass is 16.2. The fraction of sp³-hybridized carbons (Fsp3) is 0.300. The maximum atomic E-state index is 11.4. The van der Waals surface area contributed by atoms with Gasteiger partial charge in [-0.25, -0.2) is 0 Å². The summed E-state index contributed by atoms with van der Waals surface area (Å²) in [4.78, 5) is 11.4. The van der Waals surface area contributed by atoms with E-state index in [0.717, 1.165) is 6.42 Å². The van der Waals surface area contributed by atoms with E-state index in [1.807, 2.05) is 18.2 Å². The Hall–Kier alpha value is -1.31. The molecule has 0 spiro atoms. The van der Waals surface area contributed by atoms with Gasteiger partial charge in [0, 0.05) is 0 Å². The Bertz CT molecular complexity index is 349. The Labute approximate surface area is 70.6 Å². The van der Waals surface area contributed by atoms with Crippen LogP contribution in [0.1, 0.15) is 6.42 Å². The summed E-state index contributed by atoms with van der Waals surface area (Å²) in [6.07, 6.45) is 9.05. The maximum absolute atomic E-state index is 11.4. The lowest BCUT2D eigenvalue weighted by Crippen LogP contribution is -2.36. The zero-order chi connectivity index (χ0) is 8.13. The van der Waals surface area contributed by atoms with Crippen molar-refractivity contribution in [3.8, 4) is 0 Å². The number of carbonyl (C=O) groups is 1. The van der Waals surface area contributed by atoms with E-state index in [9.17, 15) is 4.79 Å². The van der Waals surface area contributed by atoms with Gasteiger partial charge in [-0.15, -0.1) is 0 Å². The molecule has 0 radical (unpaired) electrons. The molecule has 2 unspecified atom stereocenters. The van der Waals surface area contributed by atoms with Gasteiger partial charge in [0.1, 0.15) is 0 Å². The van der Waals surface area contributed by atoms with Gasteiger partial charge in [-0.05, 0) is 17.6 Å². The van der Waals surface area contributed by atoms with E-state index in [1.165, 1.54) is 11.1 Å². The van der Waals surface area contributed by atoms with Crippen LogP contribution in [0.4, 0.5) is 0 Å². The Morgan fingerprint density at radius 2 is 2.33 bits per heavy atom. The summed E-state index contributed by atoms with van der Waals surface area (Å²) in [7, 11) is 0. The van der Waals surface area contributed by atoms with E-state index in [1.54, 1.807) is 0 Å². The molecule has 2 aliphatic carbocycles. The molecule has 1 saturated carbocycles. The molecule has 3 aliphatic rings. The van der Waals surface area contributed by atoms with Crippen molar-refractivity contribution in [2.24, 2.45) is 5.92 Å². The first-order valence-corrected chi connectivity index (χ1v) is 4.24. The number of nitrogens with one attached hydrogen (secondary N) is 1. The van der Waals surface area contributed by atoms with Gasteiger partial charge in [-0.2, -0.15) is 0 Å². The van der Waals surface area contributed by atoms with Gasteiger partial charge >= 0.3 is 0 Å². The zero-order valence-corrected chi connectivity index (χ0v) is 6.58. The molecular formula is C10H9NO. The molecule has 1 heterocycles. The Kier molecular flexibility index (Phi) is 0.980. The van der Waals surface area contributed by atoms with Crippen molar-refractivity contribution >= 4 is 5.91 Å². The first-order valence-electron chi connectivity index (χ1n) is 4.24. The van der Waals surface area contributed by atoms with Crippen molar-refractivity contribution in [3.05, 3.63) is 35.5 Å². The maximum Gasteiger partial charge on any atom is 0.231 e. The van der Waals surface area contributed by atoms with Gasteiger partial charge in [0.25, 0.3) is 0 Å². The Morgan fingerprint density at radius 1 is 1.42 bits per heavy atom. The van der Waals surface area contributed by atoms with Crippen LogP contribution in [0.3, 0.4) is 0 Å². The van der Waals surface area contributed by atoms with E-state index < -0.39 is 0 Å². The molecule has 2 atom stereocenters. The normalized spacial score (nSPS) is 35.8. The second-order valence-electron chi connectivity index (χ2n) is 3.47. The van der Waals surface area contributed by atoms with Crippen LogP contribution in [0.15, 0.2) is 35.5 Å². The van der Waals surface area contributed by atoms with Crippen molar-refractivity contribution in [2.45, 2.75) is 12.5 Å². The lowest BCUT2D eigenvalue weighted by Gasteiger charge is -2.20. The predicted octanol–water partition coefficient (Wildman–Crippen LogP) is 0.927. The van der Waals surface area contributed by atoms with Crippen LogP contribution >= 0.6 is 0 Å². The highest BCUT2D eigenvalue weighted by Gasteiger charge is 2.42. The highest BCUT2D eigenvalue weighted by Crippen LogP contribution is 2.41. The van der Waals surface area contributed by atoms with Crippen molar-refractivity contribution < 1.29 is 4.79 Å². The molecule has 0 aromatic carbocycles. The van der Waals surface area contributed by atoms with E-state index in [-0.39, 0.29) is 11.8 Å². The number of hydrogen-bond donors (Lipinski definition) is 1. The molecule has 2 heteroatoms. The number of hydrogen-bond acceptors (Lipinski definition) is 1. The summed E-state index contributed by atoms with van der Waals surface area (Å²) in [6.45, 7) is 0. The zero-order valence-electron chi connectivity index (χ0n) is 6.58. The number of rotatable bonds is 0. The summed E-state index contributed by atoms with van der Waals surface area (Å²) in [5.41, 5.74) is 2.67. The topological polar surface area (TPSA) is 29.1 Å². The summed E-state index contributed by atoms with van der Waals surface area (Å²) in [5, 5.41) is 2.97. The second kappa shape index (κ2) is 1.89. The minimum atomic E-state index is 0.00347. The van der Waals surface area contributed by atoms with Crippen LogP contribution in [0.25, 0.3) is 0 Å². The third-order valence-corrected chi connectivity index (χ3v) is 2.68. The average Bonchev–Trinajstić information content (AvgIpc) is 2.84. The van der Waals surface area contributed by atoms with Crippen LogP contribution < -0.4 is 5.32 Å². The smallest absolute Gasteiger partial charge is 0.231 e. The summed E-state index contributed by atoms with van der Waals surface area (Å²) >= 11 is 0. The van der Waals surface area contributed by atoms with Crippen molar-refractivity contribution in [1.29, 1.82) is 0 Å². The van der Waals surface area contributed by atoms with Gasteiger partial charge in [-0.1, -0.05) is 24.3 Å². The van der Waals surface area contributed by atoms with Gasteiger partial charge in [0.2, 0.25) is 5.91 Å². The van der Waals surface area contributed by atoms with Gasteiger partial charge in [0.05, 0.1) is 12.0 Å². The number of allylic oxidation sites excluding steroid dienone is 3. The molecule has 0 saturated heterocycles. The van der Waals surface area contributed by atoms with E-state index in [0.29, 0.717) is 6.04 Å². The SMILES string of the molecule is O=C1NC2CC2=C2C=CC=CC12. The molecular weight excluding hydrogens is 150 g/mol. The average molecular weight is 159 g/mol. The van der Waals surface area contributed by atoms with Gasteiger partial charge in [-0.3, -0.25) is 4.79 Å². The minimum Gasteiger partial charge on any atom is -0.348 e. The van der Waals surface area contributed by atoms with Gasteiger partial charge in [0.15, 0.2) is 0 Å². The molecule has 1 N–H and O–H groups in total. The highest BCUT2D eigenvalue weighted by molar-refractivity contribution is 5.89. The van der Waals surface area contributed by atoms with Crippen LogP contribution in [-0.2, 0) is 4.79 Å². The lowest BCUT2D eigenvalue weighted by molar-refractivity contribution is -0.122. The summed E-state index contributed by atoms with van der Waals surface area (Å²) < 4.78 is 0. The molecule has 1 amide bonds. The molecule has 1 fully saturated rings. The summed E-state index contributed by atoms with van der Waals surface area (Å²) in [6, 6.07) is 0.375. The van der Waals surface area contributed by atoms with Crippen molar-refractivity contribution in [3.63, 3.8) is 0 Å². The van der Waals surface area contributed by atoms with Crippen molar-refractivity contribution in [2.75, 3.05) is 0 Å². The Morgan fingerprint density at radius 3 is 3.25 bits per heavy atom. The minimum absolute atomic E-state index is 0.00347. The number of fused-ring (bicyclic) bond motifs is 2. The first kappa shape index (κ1) is 6.23. The van der Waals surface area contributed by atoms with Crippen LogP contribution in [0.5, 0.6) is 0 Å². The third-order valence-electron chi connectivity index (χ3n) is 2.68. The summed E-state index contributed by atoms with van der Waals surface area (Å²) in [5.74, 6) is 0.167. The standard InChI is InChI=1S/C10H9NO/c12-10-7-4-2-1-3-6(7)8-5-9(8)11-10/h1-4,7,9H,5H2,(H,11,12). The van der Waals surface area contributed by atoms with E-state index in [4.69, 9.17) is 0 Å². The molecule has 3 rings (SSSR count). The predicted molar refractivity (Wildman–Crippen MR) is 45.3 cm³/mol. The molecule has 0 aromatic rings. The molecule has 0 bridgehead atoms. The fourth-order valence-electron chi connectivity index (χ4n) is 1.96. The Balaban J connectivity index is 2.13. The quantitative estimate of drug-likeness (QED) is 0.559. The largest absolute Gasteiger partial charge is 0.348 e. The van der Waals surface area contributed by atoms with E-state index in [2.05, 4.69) is 11.4 Å². The number of amides is 1. The van der Waals surface area contributed by atoms with Crippen molar-refractivity contribution in [1.82, 2.24) is 5.32 Å². The molecule has 60 valence electrons. The molecule has 12 heavy (non-hydrogen) atoms. The monoisotopic (exact) mass is 159 g/mol. The van der Waals surface area contributed by atoms with Crippen LogP contribution in [0.2, 0.25) is 0 Å². The third kappa shape index (κ3) is 0.670. The second-order valence-corrected chi connectivity index (χ2v) is 3.47.